The number of rotatable bonds is 8. The molecule has 2 aromatic rings. The van der Waals surface area contributed by atoms with Gasteiger partial charge in [-0.05, 0) is 13.0 Å². The van der Waals surface area contributed by atoms with Crippen molar-refractivity contribution in [3.05, 3.63) is 55.3 Å². The summed E-state index contributed by atoms with van der Waals surface area (Å²) in [6.07, 6.45) is -5.31. The second-order valence-corrected chi connectivity index (χ2v) is 10.2. The van der Waals surface area contributed by atoms with E-state index in [0.717, 1.165) is 9.13 Å². The quantitative estimate of drug-likeness (QED) is 0.160. The van der Waals surface area contributed by atoms with Gasteiger partial charge in [0.25, 0.3) is 5.56 Å². The molecule has 0 aliphatic carbocycles. The molecule has 2 fully saturated rings. The molecular formula is C19H27N6O11P. The van der Waals surface area contributed by atoms with Gasteiger partial charge in [-0.3, -0.25) is 23.4 Å². The number of aryl methyl sites for hydroxylation is 1. The first-order valence-corrected chi connectivity index (χ1v) is 12.7. The molecule has 8 atom stereocenters. The number of nitrogens with one attached hydrogen (secondary N) is 2. The maximum Gasteiger partial charge on any atom is 0.403 e. The molecule has 2 aliphatic rings. The molecule has 0 radical (unpaired) electrons. The Labute approximate surface area is 207 Å². The van der Waals surface area contributed by atoms with Crippen LogP contribution in [0.1, 0.15) is 24.4 Å². The molecule has 18 heteroatoms. The SMILES string of the molecule is Cc1cn([C@H]2C[C@H](NP(=O)(O)OC[C@H]3O[C@@H](n4ccc(N)nc4=O)[C@H](O)[C@@H]3O)[C@@H](CO)O2)c(=O)[nH]c1=O. The number of nitrogens with two attached hydrogens (primary N) is 1. The van der Waals surface area contributed by atoms with E-state index in [0.29, 0.717) is 0 Å². The molecule has 2 aliphatic heterocycles. The lowest BCUT2D eigenvalue weighted by molar-refractivity contribution is -0.0530. The average molecular weight is 546 g/mol. The van der Waals surface area contributed by atoms with Gasteiger partial charge in [0.15, 0.2) is 6.23 Å². The normalized spacial score (nSPS) is 31.4. The van der Waals surface area contributed by atoms with Crippen LogP contribution < -0.4 is 27.8 Å². The van der Waals surface area contributed by atoms with E-state index in [-0.39, 0.29) is 17.8 Å². The van der Waals surface area contributed by atoms with Gasteiger partial charge in [0.1, 0.15) is 30.4 Å². The van der Waals surface area contributed by atoms with E-state index >= 15 is 0 Å². The van der Waals surface area contributed by atoms with Gasteiger partial charge < -0.3 is 35.4 Å². The van der Waals surface area contributed by atoms with Crippen molar-refractivity contribution in [1.82, 2.24) is 24.2 Å². The van der Waals surface area contributed by atoms with Crippen molar-refractivity contribution in [1.29, 1.82) is 0 Å². The van der Waals surface area contributed by atoms with Crippen molar-refractivity contribution >= 4 is 13.6 Å². The zero-order valence-electron chi connectivity index (χ0n) is 19.4. The predicted molar refractivity (Wildman–Crippen MR) is 123 cm³/mol. The Bertz CT molecular complexity index is 1360. The lowest BCUT2D eigenvalue weighted by Gasteiger charge is -2.22. The number of hydrogen-bond donors (Lipinski definition) is 7. The molecule has 4 heterocycles. The monoisotopic (exact) mass is 546 g/mol. The maximum absolute atomic E-state index is 12.7. The lowest BCUT2D eigenvalue weighted by Crippen LogP contribution is -2.38. The zero-order chi connectivity index (χ0) is 27.1. The second kappa shape index (κ2) is 10.6. The predicted octanol–water partition coefficient (Wildman–Crippen LogP) is -3.34. The fourth-order valence-corrected chi connectivity index (χ4v) is 5.26. The van der Waals surface area contributed by atoms with Crippen LogP contribution in [0.25, 0.3) is 0 Å². The van der Waals surface area contributed by atoms with E-state index in [9.17, 15) is 39.2 Å². The van der Waals surface area contributed by atoms with Gasteiger partial charge in [-0.25, -0.2) is 19.2 Å². The van der Waals surface area contributed by atoms with Gasteiger partial charge in [0, 0.05) is 24.4 Å². The summed E-state index contributed by atoms with van der Waals surface area (Å²) >= 11 is 0. The highest BCUT2D eigenvalue weighted by molar-refractivity contribution is 7.50. The molecule has 1 unspecified atom stereocenters. The summed E-state index contributed by atoms with van der Waals surface area (Å²) in [5, 5.41) is 32.6. The van der Waals surface area contributed by atoms with Gasteiger partial charge in [-0.15, -0.1) is 0 Å². The number of nitrogens with zero attached hydrogens (tertiary/aromatic N) is 3. The molecule has 8 N–H and O–H groups in total. The van der Waals surface area contributed by atoms with Crippen molar-refractivity contribution in [2.24, 2.45) is 0 Å². The summed E-state index contributed by atoms with van der Waals surface area (Å²) in [5.41, 5.74) is 3.52. The molecule has 0 saturated carbocycles. The molecule has 4 rings (SSSR count). The highest BCUT2D eigenvalue weighted by Crippen LogP contribution is 2.42. The fourth-order valence-electron chi connectivity index (χ4n) is 4.14. The van der Waals surface area contributed by atoms with Crippen LogP contribution in [0.3, 0.4) is 0 Å². The van der Waals surface area contributed by atoms with Crippen molar-refractivity contribution < 1.29 is 38.8 Å². The van der Waals surface area contributed by atoms with Gasteiger partial charge in [-0.1, -0.05) is 0 Å². The molecule has 37 heavy (non-hydrogen) atoms. The third-order valence-electron chi connectivity index (χ3n) is 6.08. The summed E-state index contributed by atoms with van der Waals surface area (Å²) in [7, 11) is -4.60. The summed E-state index contributed by atoms with van der Waals surface area (Å²) in [5.74, 6) is -0.0543. The van der Waals surface area contributed by atoms with E-state index in [2.05, 4.69) is 15.1 Å². The van der Waals surface area contributed by atoms with Crippen LogP contribution in [0.5, 0.6) is 0 Å². The number of nitrogen functional groups attached to an aromatic ring is 1. The number of aliphatic hydroxyl groups excluding tert-OH is 3. The Morgan fingerprint density at radius 2 is 1.97 bits per heavy atom. The molecule has 204 valence electrons. The summed E-state index contributed by atoms with van der Waals surface area (Å²) in [6.45, 7) is 0.264. The van der Waals surface area contributed by atoms with Crippen LogP contribution >= 0.6 is 7.75 Å². The standard InChI is InChI=1S/C19H27N6O11P/c1-8-5-25(19(31)22-16(8)29)13-4-9(10(6-26)35-13)23-37(32,33)34-7-11-14(27)15(28)17(36-11)24-3-2-12(20)21-18(24)30/h2-3,5,9-11,13-15,17,26-28H,4,6-7H2,1H3,(H2,20,21,30)(H,22,29,31)(H2,23,32,33)/t9-,10+,11+,13+,14+,15+,17+/m0/s1. The number of anilines is 1. The topological polar surface area (TPSA) is 253 Å². The van der Waals surface area contributed by atoms with E-state index < -0.39 is 80.8 Å². The molecular weight excluding hydrogens is 519 g/mol. The average Bonchev–Trinajstić information content (AvgIpc) is 3.35. The van der Waals surface area contributed by atoms with E-state index in [1.54, 1.807) is 0 Å². The van der Waals surface area contributed by atoms with E-state index in [1.165, 1.54) is 25.4 Å². The number of hydrogen-bond acceptors (Lipinski definition) is 12. The second-order valence-electron chi connectivity index (χ2n) is 8.67. The Balaban J connectivity index is 1.40. The van der Waals surface area contributed by atoms with Crippen LogP contribution in [0.2, 0.25) is 0 Å². The van der Waals surface area contributed by atoms with Crippen LogP contribution in [0, 0.1) is 6.92 Å². The first kappa shape index (κ1) is 27.3. The molecule has 0 bridgehead atoms. The summed E-state index contributed by atoms with van der Waals surface area (Å²) in [6, 6.07) is 0.341. The zero-order valence-corrected chi connectivity index (χ0v) is 20.3. The van der Waals surface area contributed by atoms with Crippen molar-refractivity contribution in [3.63, 3.8) is 0 Å². The number of aliphatic hydroxyl groups is 3. The minimum Gasteiger partial charge on any atom is -0.394 e. The first-order chi connectivity index (χ1) is 17.4. The number of aromatic amines is 1. The van der Waals surface area contributed by atoms with Crippen molar-refractivity contribution in [2.75, 3.05) is 18.9 Å². The van der Waals surface area contributed by atoms with E-state index in [1.807, 2.05) is 0 Å². The van der Waals surface area contributed by atoms with Crippen LogP contribution in [-0.4, -0.2) is 83.0 Å². The summed E-state index contributed by atoms with van der Waals surface area (Å²) in [4.78, 5) is 51.8. The van der Waals surface area contributed by atoms with Crippen LogP contribution in [-0.2, 0) is 18.6 Å². The number of ether oxygens (including phenoxy) is 2. The third kappa shape index (κ3) is 5.74. The largest absolute Gasteiger partial charge is 0.403 e. The van der Waals surface area contributed by atoms with Crippen molar-refractivity contribution in [3.8, 4) is 0 Å². The molecule has 0 aromatic carbocycles. The smallest absolute Gasteiger partial charge is 0.394 e. The summed E-state index contributed by atoms with van der Waals surface area (Å²) < 4.78 is 30.9. The minimum absolute atomic E-state index is 0.0408. The first-order valence-electron chi connectivity index (χ1n) is 11.1. The molecule has 2 saturated heterocycles. The lowest BCUT2D eigenvalue weighted by atomic mass is 10.1. The van der Waals surface area contributed by atoms with Gasteiger partial charge in [0.2, 0.25) is 0 Å². The minimum atomic E-state index is -4.60. The third-order valence-corrected chi connectivity index (χ3v) is 7.23. The molecule has 2 aromatic heterocycles. The van der Waals surface area contributed by atoms with E-state index in [4.69, 9.17) is 19.7 Å². The Morgan fingerprint density at radius 3 is 2.65 bits per heavy atom. The number of H-pyrrole nitrogens is 1. The highest BCUT2D eigenvalue weighted by atomic mass is 31.2. The maximum atomic E-state index is 12.7. The number of aromatic nitrogens is 4. The Kier molecular flexibility index (Phi) is 7.80. The molecule has 0 spiro atoms. The fraction of sp³-hybridized carbons (Fsp3) is 0.579. The van der Waals surface area contributed by atoms with Crippen LogP contribution in [0.15, 0.2) is 32.8 Å². The van der Waals surface area contributed by atoms with Gasteiger partial charge >= 0.3 is 19.1 Å². The Morgan fingerprint density at radius 1 is 1.24 bits per heavy atom. The molecule has 17 nitrogen and oxygen atoms in total. The van der Waals surface area contributed by atoms with Crippen molar-refractivity contribution in [2.45, 2.75) is 56.3 Å². The highest BCUT2D eigenvalue weighted by Gasteiger charge is 2.46. The molecule has 0 amide bonds. The van der Waals surface area contributed by atoms with Gasteiger partial charge in [0.05, 0.1) is 25.4 Å². The Hall–Kier alpha value is -2.73. The van der Waals surface area contributed by atoms with Gasteiger partial charge in [-0.2, -0.15) is 4.98 Å². The van der Waals surface area contributed by atoms with Crippen LogP contribution in [0.4, 0.5) is 5.82 Å².